The normalized spacial score (nSPS) is 11.9. The van der Waals surface area contributed by atoms with Gasteiger partial charge in [0, 0.05) is 18.1 Å². The topological polar surface area (TPSA) is 32.3 Å². The van der Waals surface area contributed by atoms with E-state index in [1.165, 1.54) is 5.56 Å². The minimum absolute atomic E-state index is 0.0807. The summed E-state index contributed by atoms with van der Waals surface area (Å²) in [5, 5.41) is 3.01. The lowest BCUT2D eigenvalue weighted by atomic mass is 10.1. The molecule has 1 aromatic carbocycles. The fourth-order valence-corrected chi connectivity index (χ4v) is 1.88. The summed E-state index contributed by atoms with van der Waals surface area (Å²) >= 11 is 0. The SMILES string of the molecule is CC(C)N(CC(=O)NC(C)(C)C)Cc1ccccc1. The smallest absolute Gasteiger partial charge is 0.234 e. The van der Waals surface area contributed by atoms with Crippen molar-refractivity contribution in [1.29, 1.82) is 0 Å². The standard InChI is InChI=1S/C16H26N2O/c1-13(2)18(11-14-9-7-6-8-10-14)12-15(19)17-16(3,4)5/h6-10,13H,11-12H2,1-5H3,(H,17,19). The van der Waals surface area contributed by atoms with Gasteiger partial charge in [-0.15, -0.1) is 0 Å². The van der Waals surface area contributed by atoms with Crippen molar-refractivity contribution >= 4 is 5.91 Å². The van der Waals surface area contributed by atoms with Crippen molar-refractivity contribution in [2.24, 2.45) is 0 Å². The van der Waals surface area contributed by atoms with E-state index < -0.39 is 0 Å². The summed E-state index contributed by atoms with van der Waals surface area (Å²) in [4.78, 5) is 14.2. The second-order valence-electron chi connectivity index (χ2n) is 6.28. The van der Waals surface area contributed by atoms with Crippen LogP contribution in [0.2, 0.25) is 0 Å². The maximum Gasteiger partial charge on any atom is 0.234 e. The molecule has 0 aromatic heterocycles. The minimum atomic E-state index is -0.174. The lowest BCUT2D eigenvalue weighted by Gasteiger charge is -2.28. The second kappa shape index (κ2) is 6.71. The van der Waals surface area contributed by atoms with Crippen molar-refractivity contribution in [3.05, 3.63) is 35.9 Å². The molecule has 0 fully saturated rings. The average Bonchev–Trinajstić information content (AvgIpc) is 2.26. The Balaban J connectivity index is 2.61. The second-order valence-corrected chi connectivity index (χ2v) is 6.28. The van der Waals surface area contributed by atoms with E-state index in [1.54, 1.807) is 0 Å². The van der Waals surface area contributed by atoms with E-state index in [9.17, 15) is 4.79 Å². The van der Waals surface area contributed by atoms with Crippen LogP contribution in [0.3, 0.4) is 0 Å². The lowest BCUT2D eigenvalue weighted by Crippen LogP contribution is -2.47. The monoisotopic (exact) mass is 262 g/mol. The number of hydrogen-bond donors (Lipinski definition) is 1. The number of amides is 1. The third-order valence-electron chi connectivity index (χ3n) is 2.82. The molecule has 3 nitrogen and oxygen atoms in total. The van der Waals surface area contributed by atoms with Crippen LogP contribution < -0.4 is 5.32 Å². The first kappa shape index (κ1) is 15.7. The summed E-state index contributed by atoms with van der Waals surface area (Å²) in [6.45, 7) is 11.5. The molecule has 0 bridgehead atoms. The highest BCUT2D eigenvalue weighted by Gasteiger charge is 2.18. The molecule has 19 heavy (non-hydrogen) atoms. The molecule has 106 valence electrons. The van der Waals surface area contributed by atoms with Gasteiger partial charge in [0.1, 0.15) is 0 Å². The Morgan fingerprint density at radius 1 is 1.21 bits per heavy atom. The third kappa shape index (κ3) is 6.39. The largest absolute Gasteiger partial charge is 0.350 e. The Morgan fingerprint density at radius 2 is 1.79 bits per heavy atom. The number of nitrogens with one attached hydrogen (secondary N) is 1. The lowest BCUT2D eigenvalue weighted by molar-refractivity contribution is -0.124. The zero-order chi connectivity index (χ0) is 14.5. The Bertz CT molecular complexity index is 393. The van der Waals surface area contributed by atoms with Crippen molar-refractivity contribution in [3.8, 4) is 0 Å². The van der Waals surface area contributed by atoms with Crippen LogP contribution in [0.15, 0.2) is 30.3 Å². The van der Waals surface area contributed by atoms with Gasteiger partial charge in [-0.2, -0.15) is 0 Å². The number of carbonyl (C=O) groups is 1. The Morgan fingerprint density at radius 3 is 2.26 bits per heavy atom. The Hall–Kier alpha value is -1.35. The summed E-state index contributed by atoms with van der Waals surface area (Å²) in [6, 6.07) is 10.6. The zero-order valence-electron chi connectivity index (χ0n) is 12.7. The van der Waals surface area contributed by atoms with Gasteiger partial charge in [0.05, 0.1) is 6.54 Å². The van der Waals surface area contributed by atoms with Gasteiger partial charge in [0.2, 0.25) is 5.91 Å². The number of nitrogens with zero attached hydrogens (tertiary/aromatic N) is 1. The van der Waals surface area contributed by atoms with Gasteiger partial charge in [0.25, 0.3) is 0 Å². The Kier molecular flexibility index (Phi) is 5.55. The molecule has 1 amide bonds. The summed E-state index contributed by atoms with van der Waals surface area (Å²) in [7, 11) is 0. The van der Waals surface area contributed by atoms with Crippen molar-refractivity contribution in [3.63, 3.8) is 0 Å². The van der Waals surface area contributed by atoms with Gasteiger partial charge in [-0.25, -0.2) is 0 Å². The zero-order valence-corrected chi connectivity index (χ0v) is 12.7. The highest BCUT2D eigenvalue weighted by molar-refractivity contribution is 5.78. The van der Waals surface area contributed by atoms with E-state index in [2.05, 4.69) is 36.2 Å². The van der Waals surface area contributed by atoms with Crippen LogP contribution in [-0.2, 0) is 11.3 Å². The molecule has 3 heteroatoms. The Labute approximate surface area is 117 Å². The number of benzene rings is 1. The highest BCUT2D eigenvalue weighted by atomic mass is 16.2. The van der Waals surface area contributed by atoms with Gasteiger partial charge in [-0.3, -0.25) is 9.69 Å². The van der Waals surface area contributed by atoms with Gasteiger partial charge in [-0.05, 0) is 40.2 Å². The molecule has 0 aliphatic carbocycles. The first-order chi connectivity index (χ1) is 8.78. The highest BCUT2D eigenvalue weighted by Crippen LogP contribution is 2.08. The number of carbonyl (C=O) groups excluding carboxylic acids is 1. The molecule has 0 atom stereocenters. The summed E-state index contributed by atoms with van der Waals surface area (Å²) in [5.41, 5.74) is 1.06. The molecular formula is C16H26N2O. The number of rotatable bonds is 5. The fourth-order valence-electron chi connectivity index (χ4n) is 1.88. The van der Waals surface area contributed by atoms with Gasteiger partial charge in [-0.1, -0.05) is 30.3 Å². The predicted octanol–water partition coefficient (Wildman–Crippen LogP) is 2.81. The third-order valence-corrected chi connectivity index (χ3v) is 2.82. The van der Waals surface area contributed by atoms with Crippen LogP contribution in [0.4, 0.5) is 0 Å². The van der Waals surface area contributed by atoms with Crippen molar-refractivity contribution < 1.29 is 4.79 Å². The van der Waals surface area contributed by atoms with Gasteiger partial charge >= 0.3 is 0 Å². The molecule has 0 unspecified atom stereocenters. The molecule has 0 heterocycles. The van der Waals surface area contributed by atoms with Gasteiger partial charge < -0.3 is 5.32 Å². The average molecular weight is 262 g/mol. The van der Waals surface area contributed by atoms with E-state index in [0.717, 1.165) is 6.54 Å². The van der Waals surface area contributed by atoms with Crippen LogP contribution >= 0.6 is 0 Å². The van der Waals surface area contributed by atoms with E-state index in [-0.39, 0.29) is 11.4 Å². The van der Waals surface area contributed by atoms with Crippen molar-refractivity contribution in [1.82, 2.24) is 10.2 Å². The molecule has 1 aromatic rings. The van der Waals surface area contributed by atoms with Crippen molar-refractivity contribution in [2.45, 2.75) is 52.7 Å². The van der Waals surface area contributed by atoms with Crippen LogP contribution in [0.1, 0.15) is 40.2 Å². The molecule has 1 N–H and O–H groups in total. The molecular weight excluding hydrogens is 236 g/mol. The van der Waals surface area contributed by atoms with Gasteiger partial charge in [0.15, 0.2) is 0 Å². The number of hydrogen-bond acceptors (Lipinski definition) is 2. The van der Waals surface area contributed by atoms with Crippen molar-refractivity contribution in [2.75, 3.05) is 6.54 Å². The van der Waals surface area contributed by atoms with Crippen LogP contribution in [0.25, 0.3) is 0 Å². The minimum Gasteiger partial charge on any atom is -0.350 e. The van der Waals surface area contributed by atoms with Crippen LogP contribution in [-0.4, -0.2) is 28.9 Å². The predicted molar refractivity (Wildman–Crippen MR) is 79.9 cm³/mol. The van der Waals surface area contributed by atoms with Crippen LogP contribution in [0.5, 0.6) is 0 Å². The first-order valence-corrected chi connectivity index (χ1v) is 6.87. The fraction of sp³-hybridized carbons (Fsp3) is 0.562. The quantitative estimate of drug-likeness (QED) is 0.885. The molecule has 0 saturated heterocycles. The summed E-state index contributed by atoms with van der Waals surface area (Å²) in [5.74, 6) is 0.0807. The molecule has 0 spiro atoms. The van der Waals surface area contributed by atoms with E-state index in [1.807, 2.05) is 39.0 Å². The summed E-state index contributed by atoms with van der Waals surface area (Å²) in [6.07, 6.45) is 0. The molecule has 1 rings (SSSR count). The van der Waals surface area contributed by atoms with Crippen LogP contribution in [0, 0.1) is 0 Å². The van der Waals surface area contributed by atoms with E-state index in [4.69, 9.17) is 0 Å². The molecule has 0 aliphatic rings. The molecule has 0 aliphatic heterocycles. The maximum atomic E-state index is 12.0. The maximum absolute atomic E-state index is 12.0. The molecule has 0 radical (unpaired) electrons. The summed E-state index contributed by atoms with van der Waals surface area (Å²) < 4.78 is 0. The first-order valence-electron chi connectivity index (χ1n) is 6.87. The van der Waals surface area contributed by atoms with E-state index >= 15 is 0 Å². The molecule has 0 saturated carbocycles. The van der Waals surface area contributed by atoms with E-state index in [0.29, 0.717) is 12.6 Å².